The van der Waals surface area contributed by atoms with Crippen molar-refractivity contribution in [3.63, 3.8) is 0 Å². The molecule has 0 aliphatic heterocycles. The maximum atomic E-state index is 12.4. The predicted molar refractivity (Wildman–Crippen MR) is 77.4 cm³/mol. The summed E-state index contributed by atoms with van der Waals surface area (Å²) in [6, 6.07) is 2.29. The summed E-state index contributed by atoms with van der Waals surface area (Å²) < 4.78 is 0. The van der Waals surface area contributed by atoms with Crippen LogP contribution in [0.2, 0.25) is 0 Å². The SMILES string of the molecule is CCCC(C#N)(CCC)C(=O)NCC1CCCCC1. The number of nitrogens with one attached hydrogen (secondary N) is 1. The molecule has 1 aliphatic rings. The number of rotatable bonds is 7. The van der Waals surface area contributed by atoms with E-state index in [1.165, 1.54) is 32.1 Å². The van der Waals surface area contributed by atoms with Gasteiger partial charge >= 0.3 is 0 Å². The standard InChI is InChI=1S/C16H28N2O/c1-3-10-16(13-17,11-4-2)15(19)18-12-14-8-6-5-7-9-14/h14H,3-12H2,1-2H3,(H,18,19). The molecule has 0 aromatic heterocycles. The second-order valence-corrected chi connectivity index (χ2v) is 5.91. The van der Waals surface area contributed by atoms with E-state index in [0.717, 1.165) is 19.4 Å². The molecule has 1 N–H and O–H groups in total. The third-order valence-electron chi connectivity index (χ3n) is 4.28. The number of nitrogens with zero attached hydrogens (tertiary/aromatic N) is 1. The van der Waals surface area contributed by atoms with Gasteiger partial charge in [0.25, 0.3) is 0 Å². The van der Waals surface area contributed by atoms with Gasteiger partial charge in [0.15, 0.2) is 0 Å². The molecule has 0 radical (unpaired) electrons. The average molecular weight is 264 g/mol. The van der Waals surface area contributed by atoms with Gasteiger partial charge in [0.2, 0.25) is 5.91 Å². The number of carbonyl (C=O) groups is 1. The minimum atomic E-state index is -0.793. The van der Waals surface area contributed by atoms with Gasteiger partial charge in [-0.25, -0.2) is 0 Å². The minimum absolute atomic E-state index is 0.0377. The molecule has 0 heterocycles. The fourth-order valence-corrected chi connectivity index (χ4v) is 3.17. The van der Waals surface area contributed by atoms with E-state index in [1.807, 2.05) is 13.8 Å². The summed E-state index contributed by atoms with van der Waals surface area (Å²) in [5.74, 6) is 0.585. The molecule has 0 bridgehead atoms. The zero-order chi connectivity index (χ0) is 14.1. The first-order valence-corrected chi connectivity index (χ1v) is 7.88. The van der Waals surface area contributed by atoms with Crippen LogP contribution in [0.3, 0.4) is 0 Å². The van der Waals surface area contributed by atoms with Gasteiger partial charge in [0.05, 0.1) is 6.07 Å². The van der Waals surface area contributed by atoms with E-state index >= 15 is 0 Å². The highest BCUT2D eigenvalue weighted by Crippen LogP contribution is 2.30. The molecule has 108 valence electrons. The van der Waals surface area contributed by atoms with Crippen LogP contribution in [0, 0.1) is 22.7 Å². The lowest BCUT2D eigenvalue weighted by molar-refractivity contribution is -0.129. The van der Waals surface area contributed by atoms with E-state index in [4.69, 9.17) is 0 Å². The Balaban J connectivity index is 2.53. The summed E-state index contributed by atoms with van der Waals surface area (Å²) in [5, 5.41) is 12.5. The molecule has 0 aromatic carbocycles. The molecule has 0 saturated heterocycles. The summed E-state index contributed by atoms with van der Waals surface area (Å²) in [6.45, 7) is 4.84. The first-order valence-electron chi connectivity index (χ1n) is 7.88. The van der Waals surface area contributed by atoms with Crippen molar-refractivity contribution in [1.82, 2.24) is 5.32 Å². The molecule has 19 heavy (non-hydrogen) atoms. The van der Waals surface area contributed by atoms with Gasteiger partial charge in [0.1, 0.15) is 5.41 Å². The van der Waals surface area contributed by atoms with Crippen LogP contribution in [0.25, 0.3) is 0 Å². The first kappa shape index (κ1) is 16.0. The Bertz CT molecular complexity index is 307. The monoisotopic (exact) mass is 264 g/mol. The third kappa shape index (κ3) is 4.53. The van der Waals surface area contributed by atoms with Crippen molar-refractivity contribution in [2.24, 2.45) is 11.3 Å². The number of nitriles is 1. The number of hydrogen-bond acceptors (Lipinski definition) is 2. The Morgan fingerprint density at radius 3 is 2.26 bits per heavy atom. The number of hydrogen-bond donors (Lipinski definition) is 1. The molecule has 0 aromatic rings. The number of amides is 1. The van der Waals surface area contributed by atoms with Gasteiger partial charge < -0.3 is 5.32 Å². The second kappa shape index (κ2) is 8.19. The summed E-state index contributed by atoms with van der Waals surface area (Å²) in [5.41, 5.74) is -0.793. The van der Waals surface area contributed by atoms with Gasteiger partial charge in [-0.05, 0) is 31.6 Å². The fraction of sp³-hybridized carbons (Fsp3) is 0.875. The largest absolute Gasteiger partial charge is 0.354 e. The van der Waals surface area contributed by atoms with Gasteiger partial charge in [0, 0.05) is 6.54 Å². The highest BCUT2D eigenvalue weighted by Gasteiger charge is 2.36. The lowest BCUT2D eigenvalue weighted by Gasteiger charge is -2.27. The van der Waals surface area contributed by atoms with Crippen LogP contribution in [0.4, 0.5) is 0 Å². The summed E-state index contributed by atoms with van der Waals surface area (Å²) in [7, 11) is 0. The molecule has 1 aliphatic carbocycles. The van der Waals surface area contributed by atoms with E-state index in [-0.39, 0.29) is 5.91 Å². The maximum Gasteiger partial charge on any atom is 0.240 e. The average Bonchev–Trinajstić information content (AvgIpc) is 2.45. The van der Waals surface area contributed by atoms with Crippen LogP contribution in [0.5, 0.6) is 0 Å². The van der Waals surface area contributed by atoms with Crippen LogP contribution in [0.1, 0.15) is 71.6 Å². The topological polar surface area (TPSA) is 52.9 Å². The van der Waals surface area contributed by atoms with Gasteiger partial charge in [-0.15, -0.1) is 0 Å². The fourth-order valence-electron chi connectivity index (χ4n) is 3.17. The smallest absolute Gasteiger partial charge is 0.240 e. The molecule has 0 unspecified atom stereocenters. The Kier molecular flexibility index (Phi) is 6.91. The second-order valence-electron chi connectivity index (χ2n) is 5.91. The van der Waals surface area contributed by atoms with Crippen molar-refractivity contribution in [2.45, 2.75) is 71.6 Å². The van der Waals surface area contributed by atoms with Crippen molar-refractivity contribution < 1.29 is 4.79 Å². The molecule has 1 amide bonds. The molecule has 0 atom stereocenters. The van der Waals surface area contributed by atoms with E-state index in [1.54, 1.807) is 0 Å². The van der Waals surface area contributed by atoms with Gasteiger partial charge in [-0.1, -0.05) is 46.0 Å². The normalized spacial score (nSPS) is 16.9. The third-order valence-corrected chi connectivity index (χ3v) is 4.28. The molecule has 1 rings (SSSR count). The van der Waals surface area contributed by atoms with Gasteiger partial charge in [-0.2, -0.15) is 5.26 Å². The summed E-state index contributed by atoms with van der Waals surface area (Å²) in [4.78, 5) is 12.4. The summed E-state index contributed by atoms with van der Waals surface area (Å²) in [6.07, 6.45) is 9.46. The molecular formula is C16H28N2O. The Hall–Kier alpha value is -1.04. The van der Waals surface area contributed by atoms with E-state index in [2.05, 4.69) is 11.4 Å². The molecule has 1 saturated carbocycles. The van der Waals surface area contributed by atoms with Gasteiger partial charge in [-0.3, -0.25) is 4.79 Å². The van der Waals surface area contributed by atoms with Crippen LogP contribution in [-0.4, -0.2) is 12.5 Å². The lowest BCUT2D eigenvalue weighted by atomic mass is 9.79. The quantitative estimate of drug-likeness (QED) is 0.760. The highest BCUT2D eigenvalue weighted by molar-refractivity contribution is 5.85. The van der Waals surface area contributed by atoms with Crippen molar-refractivity contribution in [3.05, 3.63) is 0 Å². The number of carbonyl (C=O) groups excluding carboxylic acids is 1. The van der Waals surface area contributed by atoms with Crippen molar-refractivity contribution >= 4 is 5.91 Å². The molecule has 0 spiro atoms. The Morgan fingerprint density at radius 1 is 1.21 bits per heavy atom. The Labute approximate surface area is 117 Å². The first-order chi connectivity index (χ1) is 9.18. The molecule has 1 fully saturated rings. The van der Waals surface area contributed by atoms with E-state index in [9.17, 15) is 10.1 Å². The zero-order valence-corrected chi connectivity index (χ0v) is 12.5. The summed E-state index contributed by atoms with van der Waals surface area (Å²) >= 11 is 0. The predicted octanol–water partition coefficient (Wildman–Crippen LogP) is 3.79. The zero-order valence-electron chi connectivity index (χ0n) is 12.5. The van der Waals surface area contributed by atoms with E-state index in [0.29, 0.717) is 18.8 Å². The van der Waals surface area contributed by atoms with Crippen molar-refractivity contribution in [2.75, 3.05) is 6.54 Å². The highest BCUT2D eigenvalue weighted by atomic mass is 16.2. The van der Waals surface area contributed by atoms with Crippen LogP contribution < -0.4 is 5.32 Å². The van der Waals surface area contributed by atoms with E-state index < -0.39 is 5.41 Å². The maximum absolute atomic E-state index is 12.4. The van der Waals surface area contributed by atoms with Crippen LogP contribution in [-0.2, 0) is 4.79 Å². The van der Waals surface area contributed by atoms with Crippen LogP contribution in [0.15, 0.2) is 0 Å². The van der Waals surface area contributed by atoms with Crippen molar-refractivity contribution in [1.29, 1.82) is 5.26 Å². The molecule has 3 heteroatoms. The van der Waals surface area contributed by atoms with Crippen molar-refractivity contribution in [3.8, 4) is 6.07 Å². The lowest BCUT2D eigenvalue weighted by Crippen LogP contribution is -2.42. The molecular weight excluding hydrogens is 236 g/mol. The van der Waals surface area contributed by atoms with Crippen LogP contribution >= 0.6 is 0 Å². The Morgan fingerprint density at radius 2 is 1.79 bits per heavy atom. The molecule has 3 nitrogen and oxygen atoms in total. The minimum Gasteiger partial charge on any atom is -0.354 e.